The zero-order valence-electron chi connectivity index (χ0n) is 14.5. The Morgan fingerprint density at radius 2 is 1.71 bits per heavy atom. The Kier molecular flexibility index (Phi) is 6.80. The molecule has 21 heavy (non-hydrogen) atoms. The van der Waals surface area contributed by atoms with Crippen LogP contribution in [0.2, 0.25) is 0 Å². The van der Waals surface area contributed by atoms with Crippen molar-refractivity contribution < 1.29 is 0 Å². The van der Waals surface area contributed by atoms with E-state index < -0.39 is 0 Å². The van der Waals surface area contributed by atoms with Crippen molar-refractivity contribution in [2.75, 3.05) is 0 Å². The minimum atomic E-state index is 0.835. The molecule has 0 saturated heterocycles. The van der Waals surface area contributed by atoms with Crippen LogP contribution in [0.5, 0.6) is 0 Å². The first-order chi connectivity index (χ1) is 10.2. The molecule has 0 amide bonds. The second-order valence-corrected chi connectivity index (χ2v) is 7.15. The fourth-order valence-corrected chi connectivity index (χ4v) is 3.99. The van der Waals surface area contributed by atoms with E-state index >= 15 is 0 Å². The molecule has 0 heteroatoms. The van der Waals surface area contributed by atoms with Gasteiger partial charge in [-0.05, 0) is 67.6 Å². The minimum absolute atomic E-state index is 0.835. The lowest BCUT2D eigenvalue weighted by Gasteiger charge is -2.29. The van der Waals surface area contributed by atoms with Gasteiger partial charge in [-0.3, -0.25) is 0 Å². The van der Waals surface area contributed by atoms with Crippen molar-refractivity contribution in [1.29, 1.82) is 0 Å². The van der Waals surface area contributed by atoms with Crippen LogP contribution in [-0.4, -0.2) is 0 Å². The summed E-state index contributed by atoms with van der Waals surface area (Å²) >= 11 is 0. The highest BCUT2D eigenvalue weighted by molar-refractivity contribution is 5.33. The van der Waals surface area contributed by atoms with Crippen molar-refractivity contribution in [2.24, 2.45) is 5.92 Å². The zero-order valence-corrected chi connectivity index (χ0v) is 14.5. The third kappa shape index (κ3) is 4.87. The Morgan fingerprint density at radius 1 is 0.952 bits per heavy atom. The second kappa shape index (κ2) is 8.61. The maximum atomic E-state index is 2.48. The molecular formula is C21H34. The quantitative estimate of drug-likeness (QED) is 0.483. The molecule has 0 radical (unpaired) electrons. The third-order valence-corrected chi connectivity index (χ3v) is 5.42. The molecule has 0 spiro atoms. The molecule has 0 heterocycles. The van der Waals surface area contributed by atoms with E-state index in [4.69, 9.17) is 0 Å². The predicted molar refractivity (Wildman–Crippen MR) is 94.0 cm³/mol. The van der Waals surface area contributed by atoms with Gasteiger partial charge in [-0.25, -0.2) is 0 Å². The standard InChI is InChI=1S/C21H34/c1-4-6-7-9-18-10-12-20(13-11-18)21-15-14-19(8-5-2)17(3)16-21/h14-16,18,20H,4-13H2,1-3H3. The molecule has 1 aromatic rings. The maximum Gasteiger partial charge on any atom is -0.0162 e. The molecule has 2 rings (SSSR count). The van der Waals surface area contributed by atoms with Gasteiger partial charge in [0.1, 0.15) is 0 Å². The molecular weight excluding hydrogens is 252 g/mol. The number of benzene rings is 1. The fourth-order valence-electron chi connectivity index (χ4n) is 3.99. The van der Waals surface area contributed by atoms with Crippen LogP contribution < -0.4 is 0 Å². The van der Waals surface area contributed by atoms with E-state index in [1.54, 1.807) is 11.1 Å². The first-order valence-corrected chi connectivity index (χ1v) is 9.34. The van der Waals surface area contributed by atoms with Gasteiger partial charge in [0.05, 0.1) is 0 Å². The van der Waals surface area contributed by atoms with Crippen LogP contribution in [0.25, 0.3) is 0 Å². The highest BCUT2D eigenvalue weighted by atomic mass is 14.3. The predicted octanol–water partition coefficient (Wildman–Crippen LogP) is 6.80. The van der Waals surface area contributed by atoms with E-state index in [0.29, 0.717) is 0 Å². The summed E-state index contributed by atoms with van der Waals surface area (Å²) in [6, 6.07) is 7.29. The topological polar surface area (TPSA) is 0 Å². The SMILES string of the molecule is CCCCCC1CCC(c2ccc(CCC)c(C)c2)CC1. The van der Waals surface area contributed by atoms with Crippen LogP contribution in [0, 0.1) is 12.8 Å². The Morgan fingerprint density at radius 3 is 2.33 bits per heavy atom. The summed E-state index contributed by atoms with van der Waals surface area (Å²) in [5.74, 6) is 1.86. The zero-order chi connectivity index (χ0) is 15.1. The smallest absolute Gasteiger partial charge is 0.0162 e. The lowest BCUT2D eigenvalue weighted by atomic mass is 9.76. The Balaban J connectivity index is 1.85. The fraction of sp³-hybridized carbons (Fsp3) is 0.714. The third-order valence-electron chi connectivity index (χ3n) is 5.42. The Bertz CT molecular complexity index is 410. The molecule has 0 atom stereocenters. The number of unbranched alkanes of at least 4 members (excludes halogenated alkanes) is 2. The van der Waals surface area contributed by atoms with Crippen LogP contribution in [0.1, 0.15) is 94.2 Å². The van der Waals surface area contributed by atoms with Crippen molar-refractivity contribution in [2.45, 2.75) is 90.9 Å². The lowest BCUT2D eigenvalue weighted by Crippen LogP contribution is -2.13. The van der Waals surface area contributed by atoms with Crippen LogP contribution >= 0.6 is 0 Å². The molecule has 1 aliphatic rings. The van der Waals surface area contributed by atoms with Crippen LogP contribution in [-0.2, 0) is 6.42 Å². The van der Waals surface area contributed by atoms with Crippen molar-refractivity contribution in [3.8, 4) is 0 Å². The van der Waals surface area contributed by atoms with Crippen molar-refractivity contribution in [3.63, 3.8) is 0 Å². The van der Waals surface area contributed by atoms with E-state index in [1.165, 1.54) is 69.8 Å². The number of hydrogen-bond acceptors (Lipinski definition) is 0. The monoisotopic (exact) mass is 286 g/mol. The van der Waals surface area contributed by atoms with E-state index in [9.17, 15) is 0 Å². The van der Waals surface area contributed by atoms with Gasteiger partial charge in [0.15, 0.2) is 0 Å². The second-order valence-electron chi connectivity index (χ2n) is 7.15. The minimum Gasteiger partial charge on any atom is -0.0654 e. The van der Waals surface area contributed by atoms with Crippen LogP contribution in [0.3, 0.4) is 0 Å². The molecule has 0 aromatic heterocycles. The average Bonchev–Trinajstić information content (AvgIpc) is 2.50. The summed E-state index contributed by atoms with van der Waals surface area (Å²) in [7, 11) is 0. The molecule has 1 fully saturated rings. The summed E-state index contributed by atoms with van der Waals surface area (Å²) in [5, 5.41) is 0. The van der Waals surface area contributed by atoms with Gasteiger partial charge in [-0.2, -0.15) is 0 Å². The molecule has 1 aliphatic carbocycles. The van der Waals surface area contributed by atoms with Gasteiger partial charge < -0.3 is 0 Å². The average molecular weight is 287 g/mol. The van der Waals surface area contributed by atoms with E-state index in [1.807, 2.05) is 0 Å². The van der Waals surface area contributed by atoms with Gasteiger partial charge in [0, 0.05) is 0 Å². The van der Waals surface area contributed by atoms with E-state index in [2.05, 4.69) is 39.0 Å². The highest BCUT2D eigenvalue weighted by Crippen LogP contribution is 2.38. The van der Waals surface area contributed by atoms with Gasteiger partial charge in [-0.15, -0.1) is 0 Å². The number of rotatable bonds is 7. The summed E-state index contributed by atoms with van der Waals surface area (Å²) in [6.45, 7) is 6.87. The molecule has 118 valence electrons. The molecule has 0 unspecified atom stereocenters. The summed E-state index contributed by atoms with van der Waals surface area (Å²) in [6.07, 6.45) is 14.0. The van der Waals surface area contributed by atoms with Gasteiger partial charge in [0.2, 0.25) is 0 Å². The van der Waals surface area contributed by atoms with Crippen molar-refractivity contribution >= 4 is 0 Å². The lowest BCUT2D eigenvalue weighted by molar-refractivity contribution is 0.302. The van der Waals surface area contributed by atoms with Gasteiger partial charge in [-0.1, -0.05) is 64.2 Å². The first kappa shape index (κ1) is 16.6. The van der Waals surface area contributed by atoms with E-state index in [-0.39, 0.29) is 0 Å². The molecule has 0 aliphatic heterocycles. The highest BCUT2D eigenvalue weighted by Gasteiger charge is 2.22. The Hall–Kier alpha value is -0.780. The summed E-state index contributed by atoms with van der Waals surface area (Å²) < 4.78 is 0. The summed E-state index contributed by atoms with van der Waals surface area (Å²) in [4.78, 5) is 0. The Labute approximate surface area is 132 Å². The molecule has 1 saturated carbocycles. The first-order valence-electron chi connectivity index (χ1n) is 9.34. The van der Waals surface area contributed by atoms with Crippen molar-refractivity contribution in [1.82, 2.24) is 0 Å². The molecule has 0 bridgehead atoms. The number of aryl methyl sites for hydroxylation is 2. The number of hydrogen-bond donors (Lipinski definition) is 0. The van der Waals surface area contributed by atoms with Crippen LogP contribution in [0.15, 0.2) is 18.2 Å². The largest absolute Gasteiger partial charge is 0.0654 e. The molecule has 0 nitrogen and oxygen atoms in total. The van der Waals surface area contributed by atoms with Gasteiger partial charge >= 0.3 is 0 Å². The van der Waals surface area contributed by atoms with Gasteiger partial charge in [0.25, 0.3) is 0 Å². The molecule has 1 aromatic carbocycles. The normalized spacial score (nSPS) is 22.4. The van der Waals surface area contributed by atoms with Crippen molar-refractivity contribution in [3.05, 3.63) is 34.9 Å². The van der Waals surface area contributed by atoms with E-state index in [0.717, 1.165) is 11.8 Å². The van der Waals surface area contributed by atoms with Crippen LogP contribution in [0.4, 0.5) is 0 Å². The molecule has 0 N–H and O–H groups in total. The summed E-state index contributed by atoms with van der Waals surface area (Å²) in [5.41, 5.74) is 4.67. The maximum absolute atomic E-state index is 2.48.